The second-order valence-electron chi connectivity index (χ2n) is 4.82. The number of ether oxygens (including phenoxy) is 1. The Kier molecular flexibility index (Phi) is 3.63. The van der Waals surface area contributed by atoms with Crippen LogP contribution in [0, 0.1) is 4.77 Å². The molecule has 0 saturated carbocycles. The molecule has 0 spiro atoms. The van der Waals surface area contributed by atoms with Gasteiger partial charge in [0.2, 0.25) is 0 Å². The zero-order valence-corrected chi connectivity index (χ0v) is 13.1. The molecule has 2 heterocycles. The van der Waals surface area contributed by atoms with Gasteiger partial charge in [0.25, 0.3) is 0 Å². The number of hydrogen-bond acceptors (Lipinski definition) is 3. The third-order valence-electron chi connectivity index (χ3n) is 3.44. The fourth-order valence-electron chi connectivity index (χ4n) is 2.49. The number of fused-ring (bicyclic) bond motifs is 1. The van der Waals surface area contributed by atoms with E-state index in [-0.39, 0.29) is 0 Å². The molecular weight excluding hydrogens is 288 g/mol. The van der Waals surface area contributed by atoms with Crippen LogP contribution in [-0.4, -0.2) is 16.7 Å². The van der Waals surface area contributed by atoms with Crippen LogP contribution in [0.5, 0.6) is 5.75 Å². The summed E-state index contributed by atoms with van der Waals surface area (Å²) in [6.07, 6.45) is 0.991. The van der Waals surface area contributed by atoms with Gasteiger partial charge in [-0.25, -0.2) is 0 Å². The SMILES string of the molecule is COc1ccc2c(c1)[nH]c(=S)n2C(C)Cc1cccs1. The summed E-state index contributed by atoms with van der Waals surface area (Å²) >= 11 is 7.26. The topological polar surface area (TPSA) is 29.9 Å². The van der Waals surface area contributed by atoms with Gasteiger partial charge in [0, 0.05) is 23.4 Å². The van der Waals surface area contributed by atoms with Crippen LogP contribution < -0.4 is 4.74 Å². The van der Waals surface area contributed by atoms with E-state index < -0.39 is 0 Å². The monoisotopic (exact) mass is 304 g/mol. The van der Waals surface area contributed by atoms with E-state index >= 15 is 0 Å². The maximum atomic E-state index is 5.47. The molecule has 0 fully saturated rings. The largest absolute Gasteiger partial charge is 0.497 e. The summed E-state index contributed by atoms with van der Waals surface area (Å²) in [6, 6.07) is 10.6. The second-order valence-corrected chi connectivity index (χ2v) is 6.23. The van der Waals surface area contributed by atoms with Gasteiger partial charge in [-0.15, -0.1) is 11.3 Å². The molecule has 1 atom stereocenters. The molecule has 3 rings (SSSR count). The highest BCUT2D eigenvalue weighted by molar-refractivity contribution is 7.71. The number of benzene rings is 1. The number of rotatable bonds is 4. The number of aromatic amines is 1. The van der Waals surface area contributed by atoms with E-state index in [1.54, 1.807) is 18.4 Å². The van der Waals surface area contributed by atoms with Crippen molar-refractivity contribution in [3.05, 3.63) is 45.4 Å². The lowest BCUT2D eigenvalue weighted by Gasteiger charge is -2.13. The molecule has 1 aromatic carbocycles. The lowest BCUT2D eigenvalue weighted by molar-refractivity contribution is 0.415. The van der Waals surface area contributed by atoms with Crippen molar-refractivity contribution in [3.8, 4) is 5.75 Å². The van der Waals surface area contributed by atoms with Gasteiger partial charge >= 0.3 is 0 Å². The maximum Gasteiger partial charge on any atom is 0.178 e. The van der Waals surface area contributed by atoms with Crippen LogP contribution in [0.2, 0.25) is 0 Å². The van der Waals surface area contributed by atoms with Crippen molar-refractivity contribution >= 4 is 34.6 Å². The molecular formula is C15H16N2OS2. The molecule has 0 radical (unpaired) electrons. The molecule has 1 unspecified atom stereocenters. The van der Waals surface area contributed by atoms with Gasteiger partial charge in [0.15, 0.2) is 4.77 Å². The van der Waals surface area contributed by atoms with E-state index in [9.17, 15) is 0 Å². The molecule has 0 aliphatic heterocycles. The van der Waals surface area contributed by atoms with E-state index in [0.717, 1.165) is 28.0 Å². The Balaban J connectivity index is 2.02. The van der Waals surface area contributed by atoms with Gasteiger partial charge in [0.05, 0.1) is 18.1 Å². The first-order valence-electron chi connectivity index (χ1n) is 6.49. The van der Waals surface area contributed by atoms with Gasteiger partial charge in [-0.3, -0.25) is 0 Å². The molecule has 2 aromatic heterocycles. The molecule has 3 aromatic rings. The van der Waals surface area contributed by atoms with Gasteiger partial charge in [0.1, 0.15) is 5.75 Å². The molecule has 5 heteroatoms. The summed E-state index contributed by atoms with van der Waals surface area (Å²) in [5.41, 5.74) is 2.15. The van der Waals surface area contributed by atoms with Crippen molar-refractivity contribution < 1.29 is 4.74 Å². The van der Waals surface area contributed by atoms with Crippen molar-refractivity contribution in [2.75, 3.05) is 7.11 Å². The number of thiophene rings is 1. The fraction of sp³-hybridized carbons (Fsp3) is 0.267. The minimum Gasteiger partial charge on any atom is -0.497 e. The van der Waals surface area contributed by atoms with Crippen LogP contribution in [0.25, 0.3) is 11.0 Å². The van der Waals surface area contributed by atoms with Gasteiger partial charge < -0.3 is 14.3 Å². The minimum absolute atomic E-state index is 0.322. The lowest BCUT2D eigenvalue weighted by Crippen LogP contribution is -2.07. The Hall–Kier alpha value is -1.59. The van der Waals surface area contributed by atoms with Crippen LogP contribution in [0.3, 0.4) is 0 Å². The van der Waals surface area contributed by atoms with Crippen molar-refractivity contribution in [1.82, 2.24) is 9.55 Å². The normalized spacial score (nSPS) is 12.7. The van der Waals surface area contributed by atoms with E-state index in [4.69, 9.17) is 17.0 Å². The first-order chi connectivity index (χ1) is 9.69. The molecule has 0 amide bonds. The predicted octanol–water partition coefficient (Wildman–Crippen LogP) is 4.57. The Morgan fingerprint density at radius 3 is 2.95 bits per heavy atom. The smallest absolute Gasteiger partial charge is 0.178 e. The highest BCUT2D eigenvalue weighted by atomic mass is 32.1. The van der Waals surface area contributed by atoms with E-state index in [1.807, 2.05) is 12.1 Å². The number of H-pyrrole nitrogens is 1. The third-order valence-corrected chi connectivity index (χ3v) is 4.64. The van der Waals surface area contributed by atoms with Crippen LogP contribution >= 0.6 is 23.6 Å². The van der Waals surface area contributed by atoms with Crippen LogP contribution in [0.4, 0.5) is 0 Å². The first-order valence-corrected chi connectivity index (χ1v) is 7.78. The number of nitrogens with zero attached hydrogens (tertiary/aromatic N) is 1. The third kappa shape index (κ3) is 2.39. The Labute approximate surface area is 126 Å². The van der Waals surface area contributed by atoms with Gasteiger partial charge in [-0.2, -0.15) is 0 Å². The van der Waals surface area contributed by atoms with E-state index in [1.165, 1.54) is 4.88 Å². The fourth-order valence-corrected chi connectivity index (χ4v) is 3.70. The molecule has 1 N–H and O–H groups in total. The summed E-state index contributed by atoms with van der Waals surface area (Å²) in [4.78, 5) is 4.64. The van der Waals surface area contributed by atoms with Crippen molar-refractivity contribution in [2.24, 2.45) is 0 Å². The molecule has 0 aliphatic rings. The van der Waals surface area contributed by atoms with E-state index in [2.05, 4.69) is 40.1 Å². The standard InChI is InChI=1S/C15H16N2OS2/c1-10(8-12-4-3-7-20-12)17-14-6-5-11(18-2)9-13(14)16-15(17)19/h3-7,9-10H,8H2,1-2H3,(H,16,19). The van der Waals surface area contributed by atoms with Crippen LogP contribution in [0.1, 0.15) is 17.8 Å². The molecule has 0 saturated heterocycles. The molecule has 3 nitrogen and oxygen atoms in total. The maximum absolute atomic E-state index is 5.47. The summed E-state index contributed by atoms with van der Waals surface area (Å²) in [6.45, 7) is 2.20. The molecule has 0 bridgehead atoms. The van der Waals surface area contributed by atoms with Crippen molar-refractivity contribution in [1.29, 1.82) is 0 Å². The lowest BCUT2D eigenvalue weighted by atomic mass is 10.2. The summed E-state index contributed by atoms with van der Waals surface area (Å²) in [7, 11) is 1.67. The minimum atomic E-state index is 0.322. The van der Waals surface area contributed by atoms with Gasteiger partial charge in [-0.05, 0) is 42.7 Å². The van der Waals surface area contributed by atoms with Crippen molar-refractivity contribution in [2.45, 2.75) is 19.4 Å². The van der Waals surface area contributed by atoms with Crippen LogP contribution in [0.15, 0.2) is 35.7 Å². The van der Waals surface area contributed by atoms with Gasteiger partial charge in [-0.1, -0.05) is 6.07 Å². The second kappa shape index (κ2) is 5.42. The number of methoxy groups -OCH3 is 1. The Bertz CT molecular complexity index is 771. The first kappa shape index (κ1) is 13.4. The number of nitrogens with one attached hydrogen (secondary N) is 1. The average molecular weight is 304 g/mol. The zero-order valence-electron chi connectivity index (χ0n) is 11.4. The number of hydrogen-bond donors (Lipinski definition) is 1. The summed E-state index contributed by atoms with van der Waals surface area (Å²) in [5, 5.41) is 2.11. The number of aromatic nitrogens is 2. The molecule has 20 heavy (non-hydrogen) atoms. The highest BCUT2D eigenvalue weighted by Crippen LogP contribution is 2.26. The van der Waals surface area contributed by atoms with E-state index in [0.29, 0.717) is 6.04 Å². The predicted molar refractivity (Wildman–Crippen MR) is 86.4 cm³/mol. The Morgan fingerprint density at radius 1 is 1.40 bits per heavy atom. The highest BCUT2D eigenvalue weighted by Gasteiger charge is 2.12. The average Bonchev–Trinajstić information content (AvgIpc) is 3.03. The number of imidazole rings is 1. The quantitative estimate of drug-likeness (QED) is 0.715. The Morgan fingerprint density at radius 2 is 2.25 bits per heavy atom. The molecule has 104 valence electrons. The summed E-state index contributed by atoms with van der Waals surface area (Å²) in [5.74, 6) is 0.840. The van der Waals surface area contributed by atoms with Crippen LogP contribution in [-0.2, 0) is 6.42 Å². The summed E-state index contributed by atoms with van der Waals surface area (Å²) < 4.78 is 8.20. The van der Waals surface area contributed by atoms with Crippen molar-refractivity contribution in [3.63, 3.8) is 0 Å². The zero-order chi connectivity index (χ0) is 14.1. The molecule has 0 aliphatic carbocycles.